The van der Waals surface area contributed by atoms with Crippen molar-refractivity contribution in [3.05, 3.63) is 89.7 Å². The molecule has 0 amide bonds. The lowest BCUT2D eigenvalue weighted by atomic mass is 10.1. The van der Waals surface area contributed by atoms with Crippen LogP contribution in [0.4, 0.5) is 21.6 Å². The second-order valence-corrected chi connectivity index (χ2v) is 10.6. The topological polar surface area (TPSA) is 103 Å². The van der Waals surface area contributed by atoms with Crippen LogP contribution in [0.5, 0.6) is 0 Å². The van der Waals surface area contributed by atoms with Crippen molar-refractivity contribution < 1.29 is 22.7 Å². The Labute approximate surface area is 214 Å². The lowest BCUT2D eigenvalue weighted by Crippen LogP contribution is -2.46. The van der Waals surface area contributed by atoms with Crippen molar-refractivity contribution in [1.82, 2.24) is 4.98 Å². The fraction of sp³-hybridized carbons (Fsp3) is 0.185. The monoisotopic (exact) mass is 520 g/mol. The molecular formula is C27H25FN4O4S. The molecule has 0 spiro atoms. The highest BCUT2D eigenvalue weighted by molar-refractivity contribution is 7.92. The number of benzene rings is 3. The third-order valence-corrected chi connectivity index (χ3v) is 7.75. The lowest BCUT2D eigenvalue weighted by Gasteiger charge is -2.37. The van der Waals surface area contributed by atoms with E-state index in [0.29, 0.717) is 42.9 Å². The van der Waals surface area contributed by atoms with Gasteiger partial charge in [-0.1, -0.05) is 12.1 Å². The highest BCUT2D eigenvalue weighted by atomic mass is 32.2. The van der Waals surface area contributed by atoms with Gasteiger partial charge in [0.1, 0.15) is 11.6 Å². The number of hydrogen-bond donors (Lipinski definition) is 2. The summed E-state index contributed by atoms with van der Waals surface area (Å²) in [5.74, 6) is -0.871. The smallest absolute Gasteiger partial charge is 0.336 e. The number of carbonyl (C=O) groups is 1. The van der Waals surface area contributed by atoms with Gasteiger partial charge in [0.15, 0.2) is 0 Å². The minimum absolute atomic E-state index is 0.0394. The average Bonchev–Trinajstić information content (AvgIpc) is 2.88. The molecule has 3 aromatic carbocycles. The van der Waals surface area contributed by atoms with Crippen molar-refractivity contribution in [2.24, 2.45) is 0 Å². The van der Waals surface area contributed by atoms with Gasteiger partial charge in [0.2, 0.25) is 0 Å². The molecule has 0 saturated carbocycles. The first-order chi connectivity index (χ1) is 17.7. The van der Waals surface area contributed by atoms with Crippen LogP contribution in [0.1, 0.15) is 15.9 Å². The van der Waals surface area contributed by atoms with Gasteiger partial charge in [-0.3, -0.25) is 4.72 Å². The van der Waals surface area contributed by atoms with E-state index in [9.17, 15) is 22.7 Å². The SMILES string of the molecule is Cc1cccc(S(=O)(=O)Nc2ccc3nc(N4CCN(c5ccc(F)cc5)CC4)cc(C(=O)O)c3c2)c1. The largest absolute Gasteiger partial charge is 0.478 e. The fourth-order valence-electron chi connectivity index (χ4n) is 4.46. The van der Waals surface area contributed by atoms with Crippen LogP contribution in [0.25, 0.3) is 10.9 Å². The first-order valence-corrected chi connectivity index (χ1v) is 13.2. The summed E-state index contributed by atoms with van der Waals surface area (Å²) in [4.78, 5) is 21.1. The standard InChI is InChI=1S/C27H25FN4O4S/c1-18-3-2-4-22(15-18)37(35,36)30-20-7-10-25-23(16-20)24(27(33)34)17-26(29-25)32-13-11-31(12-14-32)21-8-5-19(28)6-9-21/h2-10,15-17,30H,11-14H2,1H3,(H,33,34). The van der Waals surface area contributed by atoms with E-state index < -0.39 is 16.0 Å². The number of rotatable bonds is 6. The highest BCUT2D eigenvalue weighted by Gasteiger charge is 2.22. The summed E-state index contributed by atoms with van der Waals surface area (Å²) in [7, 11) is -3.84. The Morgan fingerprint density at radius 1 is 0.946 bits per heavy atom. The van der Waals surface area contributed by atoms with Gasteiger partial charge in [0.05, 0.1) is 16.0 Å². The van der Waals surface area contributed by atoms with Crippen molar-refractivity contribution in [2.75, 3.05) is 40.7 Å². The Hall–Kier alpha value is -4.18. The summed E-state index contributed by atoms with van der Waals surface area (Å²) in [5, 5.41) is 10.3. The zero-order chi connectivity index (χ0) is 26.2. The van der Waals surface area contributed by atoms with Crippen molar-refractivity contribution >= 4 is 44.1 Å². The van der Waals surface area contributed by atoms with Crippen LogP contribution >= 0.6 is 0 Å². The van der Waals surface area contributed by atoms with Gasteiger partial charge in [-0.05, 0) is 73.2 Å². The van der Waals surface area contributed by atoms with E-state index >= 15 is 0 Å². The molecule has 2 N–H and O–H groups in total. The quantitative estimate of drug-likeness (QED) is 0.386. The van der Waals surface area contributed by atoms with Crippen LogP contribution < -0.4 is 14.5 Å². The number of anilines is 3. The van der Waals surface area contributed by atoms with Crippen LogP contribution in [-0.4, -0.2) is 50.7 Å². The molecule has 0 atom stereocenters. The van der Waals surface area contributed by atoms with Gasteiger partial charge >= 0.3 is 5.97 Å². The van der Waals surface area contributed by atoms with Crippen molar-refractivity contribution in [1.29, 1.82) is 0 Å². The second-order valence-electron chi connectivity index (χ2n) is 8.94. The van der Waals surface area contributed by atoms with E-state index in [1.54, 1.807) is 49.4 Å². The number of nitrogens with one attached hydrogen (secondary N) is 1. The van der Waals surface area contributed by atoms with E-state index in [0.717, 1.165) is 11.3 Å². The van der Waals surface area contributed by atoms with Crippen LogP contribution in [-0.2, 0) is 10.0 Å². The molecule has 1 fully saturated rings. The molecule has 1 aliphatic heterocycles. The Bertz CT molecular complexity index is 1580. The van der Waals surface area contributed by atoms with E-state index in [4.69, 9.17) is 0 Å². The lowest BCUT2D eigenvalue weighted by molar-refractivity contribution is 0.0699. The zero-order valence-corrected chi connectivity index (χ0v) is 20.9. The van der Waals surface area contributed by atoms with Gasteiger partial charge in [0, 0.05) is 42.9 Å². The van der Waals surface area contributed by atoms with Crippen LogP contribution in [0.15, 0.2) is 77.7 Å². The van der Waals surface area contributed by atoms with Crippen molar-refractivity contribution in [3.63, 3.8) is 0 Å². The third kappa shape index (κ3) is 5.19. The number of aromatic carboxylic acids is 1. The van der Waals surface area contributed by atoms with E-state index in [1.807, 2.05) is 4.90 Å². The summed E-state index contributed by atoms with van der Waals surface area (Å²) in [6.07, 6.45) is 0. The Balaban J connectivity index is 1.40. The van der Waals surface area contributed by atoms with Gasteiger partial charge < -0.3 is 14.9 Å². The number of pyridine rings is 1. The second kappa shape index (κ2) is 9.70. The fourth-order valence-corrected chi connectivity index (χ4v) is 5.61. The molecule has 8 nitrogen and oxygen atoms in total. The number of carboxylic acids is 1. The summed E-state index contributed by atoms with van der Waals surface area (Å²) >= 11 is 0. The molecule has 4 aromatic rings. The van der Waals surface area contributed by atoms with Gasteiger partial charge in [0.25, 0.3) is 10.0 Å². The number of carboxylic acid groups (broad SMARTS) is 1. The first kappa shape index (κ1) is 24.5. The number of hydrogen-bond acceptors (Lipinski definition) is 6. The van der Waals surface area contributed by atoms with Gasteiger partial charge in [-0.25, -0.2) is 22.6 Å². The summed E-state index contributed by atoms with van der Waals surface area (Å²) in [6.45, 7) is 4.38. The maximum Gasteiger partial charge on any atom is 0.336 e. The number of halogens is 1. The highest BCUT2D eigenvalue weighted by Crippen LogP contribution is 2.28. The number of fused-ring (bicyclic) bond motifs is 1. The van der Waals surface area contributed by atoms with Crippen molar-refractivity contribution in [3.8, 4) is 0 Å². The molecule has 0 radical (unpaired) electrons. The van der Waals surface area contributed by atoms with Crippen LogP contribution in [0.3, 0.4) is 0 Å². The molecular weight excluding hydrogens is 495 g/mol. The minimum Gasteiger partial charge on any atom is -0.478 e. The molecule has 1 aromatic heterocycles. The van der Waals surface area contributed by atoms with Gasteiger partial charge in [-0.2, -0.15) is 0 Å². The third-order valence-electron chi connectivity index (χ3n) is 6.37. The maximum atomic E-state index is 13.2. The molecule has 5 rings (SSSR count). The van der Waals surface area contributed by atoms with E-state index in [1.165, 1.54) is 30.3 Å². The molecule has 0 bridgehead atoms. The Morgan fingerprint density at radius 2 is 1.65 bits per heavy atom. The van der Waals surface area contributed by atoms with Gasteiger partial charge in [-0.15, -0.1) is 0 Å². The number of nitrogens with zero attached hydrogens (tertiary/aromatic N) is 3. The molecule has 1 aliphatic rings. The molecule has 1 saturated heterocycles. The number of piperazine rings is 1. The number of aryl methyl sites for hydroxylation is 1. The van der Waals surface area contributed by atoms with Crippen LogP contribution in [0, 0.1) is 12.7 Å². The zero-order valence-electron chi connectivity index (χ0n) is 20.1. The van der Waals surface area contributed by atoms with Crippen LogP contribution in [0.2, 0.25) is 0 Å². The molecule has 0 aliphatic carbocycles. The average molecular weight is 521 g/mol. The predicted octanol–water partition coefficient (Wildman–Crippen LogP) is 4.51. The molecule has 0 unspecified atom stereocenters. The summed E-state index contributed by atoms with van der Waals surface area (Å²) in [5.41, 5.74) is 2.48. The number of aromatic nitrogens is 1. The van der Waals surface area contributed by atoms with Crippen molar-refractivity contribution in [2.45, 2.75) is 11.8 Å². The number of sulfonamides is 1. The first-order valence-electron chi connectivity index (χ1n) is 11.7. The summed E-state index contributed by atoms with van der Waals surface area (Å²) in [6, 6.07) is 19.1. The van der Waals surface area contributed by atoms with E-state index in [2.05, 4.69) is 14.6 Å². The predicted molar refractivity (Wildman–Crippen MR) is 142 cm³/mol. The molecule has 37 heavy (non-hydrogen) atoms. The molecule has 2 heterocycles. The normalized spacial score (nSPS) is 14.1. The van der Waals surface area contributed by atoms with E-state index in [-0.39, 0.29) is 22.0 Å². The minimum atomic E-state index is -3.84. The molecule has 190 valence electrons. The maximum absolute atomic E-state index is 13.2. The Kier molecular flexibility index (Phi) is 6.43. The Morgan fingerprint density at radius 3 is 2.32 bits per heavy atom. The molecule has 10 heteroatoms. The summed E-state index contributed by atoms with van der Waals surface area (Å²) < 4.78 is 41.5.